The van der Waals surface area contributed by atoms with Crippen LogP contribution in [-0.4, -0.2) is 34.3 Å². The molecule has 0 saturated carbocycles. The lowest BCUT2D eigenvalue weighted by atomic mass is 10.0. The molecule has 0 spiro atoms. The van der Waals surface area contributed by atoms with Crippen LogP contribution in [0.25, 0.3) is 0 Å². The normalized spacial score (nSPS) is 23.1. The van der Waals surface area contributed by atoms with E-state index in [1.165, 1.54) is 0 Å². The van der Waals surface area contributed by atoms with E-state index in [0.29, 0.717) is 5.92 Å². The van der Waals surface area contributed by atoms with E-state index in [9.17, 15) is 5.11 Å². The number of hydrogen-bond acceptors (Lipinski definition) is 4. The Bertz CT molecular complexity index is 340. The summed E-state index contributed by atoms with van der Waals surface area (Å²) < 4.78 is 0. The first kappa shape index (κ1) is 10.4. The van der Waals surface area contributed by atoms with Gasteiger partial charge in [-0.1, -0.05) is 0 Å². The van der Waals surface area contributed by atoms with Crippen LogP contribution in [0.1, 0.15) is 19.2 Å². The van der Waals surface area contributed by atoms with Crippen LogP contribution in [0.3, 0.4) is 0 Å². The highest BCUT2D eigenvalue weighted by molar-refractivity contribution is 5.38. The van der Waals surface area contributed by atoms with Gasteiger partial charge in [0.1, 0.15) is 11.6 Å². The van der Waals surface area contributed by atoms with Crippen molar-refractivity contribution in [3.8, 4) is 0 Å². The smallest absolute Gasteiger partial charge is 0.132 e. The molecule has 4 nitrogen and oxygen atoms in total. The second-order valence-corrected chi connectivity index (χ2v) is 4.20. The number of aliphatic hydroxyl groups excluding tert-OH is 1. The molecule has 1 N–H and O–H groups in total. The molecular formula is C11H17N3O. The average Bonchev–Trinajstić information content (AvgIpc) is 2.66. The fourth-order valence-electron chi connectivity index (χ4n) is 2.01. The van der Waals surface area contributed by atoms with Crippen LogP contribution in [0.5, 0.6) is 0 Å². The highest BCUT2D eigenvalue weighted by Gasteiger charge is 2.26. The second kappa shape index (κ2) is 4.14. The Kier molecular flexibility index (Phi) is 2.86. The third kappa shape index (κ3) is 2.26. The standard InChI is InChI=1S/C11H17N3O/c1-8(15)10-4-6-14(7-10)11-3-5-12-9(2)13-11/h3,5,8,10,15H,4,6-7H2,1-2H3. The van der Waals surface area contributed by atoms with Crippen LogP contribution in [0.2, 0.25) is 0 Å². The molecule has 15 heavy (non-hydrogen) atoms. The molecule has 0 bridgehead atoms. The Morgan fingerprint density at radius 3 is 3.00 bits per heavy atom. The van der Waals surface area contributed by atoms with Gasteiger partial charge in [0.05, 0.1) is 6.10 Å². The van der Waals surface area contributed by atoms with E-state index < -0.39 is 0 Å². The molecular weight excluding hydrogens is 190 g/mol. The topological polar surface area (TPSA) is 49.2 Å². The lowest BCUT2D eigenvalue weighted by Crippen LogP contribution is -2.24. The minimum atomic E-state index is -0.224. The van der Waals surface area contributed by atoms with E-state index in [4.69, 9.17) is 0 Å². The summed E-state index contributed by atoms with van der Waals surface area (Å²) in [6.45, 7) is 5.63. The van der Waals surface area contributed by atoms with Gasteiger partial charge in [-0.3, -0.25) is 0 Å². The number of hydrogen-bond donors (Lipinski definition) is 1. The van der Waals surface area contributed by atoms with Gasteiger partial charge in [0, 0.05) is 25.2 Å². The molecule has 2 atom stereocenters. The Labute approximate surface area is 90.0 Å². The van der Waals surface area contributed by atoms with Crippen LogP contribution >= 0.6 is 0 Å². The molecule has 1 saturated heterocycles. The second-order valence-electron chi connectivity index (χ2n) is 4.20. The highest BCUT2D eigenvalue weighted by Crippen LogP contribution is 2.23. The summed E-state index contributed by atoms with van der Waals surface area (Å²) in [6.07, 6.45) is 2.60. The summed E-state index contributed by atoms with van der Waals surface area (Å²) >= 11 is 0. The van der Waals surface area contributed by atoms with Gasteiger partial charge in [-0.15, -0.1) is 0 Å². The Hall–Kier alpha value is -1.16. The van der Waals surface area contributed by atoms with E-state index in [-0.39, 0.29) is 6.10 Å². The first-order valence-electron chi connectivity index (χ1n) is 5.39. The summed E-state index contributed by atoms with van der Waals surface area (Å²) in [5.41, 5.74) is 0. The minimum Gasteiger partial charge on any atom is -0.393 e. The Morgan fingerprint density at radius 2 is 2.40 bits per heavy atom. The van der Waals surface area contributed by atoms with Crippen molar-refractivity contribution < 1.29 is 5.11 Å². The first-order chi connectivity index (χ1) is 7.16. The fraction of sp³-hybridized carbons (Fsp3) is 0.636. The number of anilines is 1. The van der Waals surface area contributed by atoms with Gasteiger partial charge in [0.15, 0.2) is 0 Å². The third-order valence-electron chi connectivity index (χ3n) is 2.99. The largest absolute Gasteiger partial charge is 0.393 e. The first-order valence-corrected chi connectivity index (χ1v) is 5.39. The maximum Gasteiger partial charge on any atom is 0.132 e. The summed E-state index contributed by atoms with van der Waals surface area (Å²) in [5.74, 6) is 2.15. The molecule has 2 unspecified atom stereocenters. The maximum atomic E-state index is 9.51. The van der Waals surface area contributed by atoms with Crippen LogP contribution in [0, 0.1) is 12.8 Å². The molecule has 0 radical (unpaired) electrons. The summed E-state index contributed by atoms with van der Waals surface area (Å²) in [6, 6.07) is 1.93. The molecule has 2 heterocycles. The monoisotopic (exact) mass is 207 g/mol. The van der Waals surface area contributed by atoms with Crippen molar-refractivity contribution in [2.75, 3.05) is 18.0 Å². The van der Waals surface area contributed by atoms with Crippen molar-refractivity contribution in [1.82, 2.24) is 9.97 Å². The average molecular weight is 207 g/mol. The fourth-order valence-corrected chi connectivity index (χ4v) is 2.01. The molecule has 0 aliphatic carbocycles. The molecule has 0 amide bonds. The van der Waals surface area contributed by atoms with Gasteiger partial charge in [-0.2, -0.15) is 0 Å². The molecule has 2 rings (SSSR count). The van der Waals surface area contributed by atoms with Crippen molar-refractivity contribution in [2.24, 2.45) is 5.92 Å². The van der Waals surface area contributed by atoms with Crippen LogP contribution in [0.15, 0.2) is 12.3 Å². The SMILES string of the molecule is Cc1nccc(N2CCC(C(C)O)C2)n1. The Balaban J connectivity index is 2.08. The van der Waals surface area contributed by atoms with E-state index >= 15 is 0 Å². The predicted octanol–water partition coefficient (Wildman–Crippen LogP) is 0.992. The number of aromatic nitrogens is 2. The van der Waals surface area contributed by atoms with Crippen molar-refractivity contribution in [3.05, 3.63) is 18.1 Å². The molecule has 1 fully saturated rings. The van der Waals surface area contributed by atoms with Crippen molar-refractivity contribution in [1.29, 1.82) is 0 Å². The van der Waals surface area contributed by atoms with E-state index in [1.54, 1.807) is 6.20 Å². The lowest BCUT2D eigenvalue weighted by molar-refractivity contribution is 0.136. The van der Waals surface area contributed by atoms with Crippen molar-refractivity contribution >= 4 is 5.82 Å². The zero-order valence-corrected chi connectivity index (χ0v) is 9.22. The van der Waals surface area contributed by atoms with E-state index in [2.05, 4.69) is 14.9 Å². The lowest BCUT2D eigenvalue weighted by Gasteiger charge is -2.18. The molecule has 1 aromatic heterocycles. The van der Waals surface area contributed by atoms with Crippen LogP contribution < -0.4 is 4.90 Å². The third-order valence-corrected chi connectivity index (χ3v) is 2.99. The zero-order valence-electron chi connectivity index (χ0n) is 9.22. The molecule has 1 aliphatic heterocycles. The van der Waals surface area contributed by atoms with E-state index in [0.717, 1.165) is 31.2 Å². The maximum absolute atomic E-state index is 9.51. The molecule has 82 valence electrons. The number of nitrogens with zero attached hydrogens (tertiary/aromatic N) is 3. The van der Waals surface area contributed by atoms with Gasteiger partial charge in [0.25, 0.3) is 0 Å². The predicted molar refractivity (Wildman–Crippen MR) is 58.8 cm³/mol. The number of aliphatic hydroxyl groups is 1. The zero-order chi connectivity index (χ0) is 10.8. The molecule has 0 aromatic carbocycles. The van der Waals surface area contributed by atoms with Crippen LogP contribution in [-0.2, 0) is 0 Å². The minimum absolute atomic E-state index is 0.224. The summed E-state index contributed by atoms with van der Waals surface area (Å²) in [4.78, 5) is 10.7. The molecule has 4 heteroatoms. The van der Waals surface area contributed by atoms with Gasteiger partial charge >= 0.3 is 0 Å². The van der Waals surface area contributed by atoms with Gasteiger partial charge in [-0.05, 0) is 26.3 Å². The van der Waals surface area contributed by atoms with Crippen molar-refractivity contribution in [2.45, 2.75) is 26.4 Å². The Morgan fingerprint density at radius 1 is 1.60 bits per heavy atom. The summed E-state index contributed by atoms with van der Waals surface area (Å²) in [5, 5.41) is 9.51. The molecule has 1 aromatic rings. The summed E-state index contributed by atoms with van der Waals surface area (Å²) in [7, 11) is 0. The van der Waals surface area contributed by atoms with E-state index in [1.807, 2.05) is 19.9 Å². The number of rotatable bonds is 2. The van der Waals surface area contributed by atoms with Gasteiger partial charge < -0.3 is 10.0 Å². The quantitative estimate of drug-likeness (QED) is 0.785. The van der Waals surface area contributed by atoms with Crippen molar-refractivity contribution in [3.63, 3.8) is 0 Å². The highest BCUT2D eigenvalue weighted by atomic mass is 16.3. The van der Waals surface area contributed by atoms with Gasteiger partial charge in [0.2, 0.25) is 0 Å². The van der Waals surface area contributed by atoms with Crippen LogP contribution in [0.4, 0.5) is 5.82 Å². The number of aryl methyl sites for hydroxylation is 1. The van der Waals surface area contributed by atoms with Gasteiger partial charge in [-0.25, -0.2) is 9.97 Å². The molecule has 1 aliphatic rings.